The highest BCUT2D eigenvalue weighted by atomic mass is 35.5. The lowest BCUT2D eigenvalue weighted by Crippen LogP contribution is -1.99. The molecule has 9 heteroatoms. The lowest BCUT2D eigenvalue weighted by Gasteiger charge is -2.14. The molecule has 0 atom stereocenters. The number of benzene rings is 2. The van der Waals surface area contributed by atoms with Crippen molar-refractivity contribution in [2.24, 2.45) is 7.05 Å². The predicted octanol–water partition coefficient (Wildman–Crippen LogP) is 4.59. The number of thioether (sulfide) groups is 1. The zero-order valence-electron chi connectivity index (χ0n) is 15.8. The van der Waals surface area contributed by atoms with Crippen molar-refractivity contribution in [3.63, 3.8) is 0 Å². The minimum Gasteiger partial charge on any atom is -0.493 e. The van der Waals surface area contributed by atoms with Gasteiger partial charge in [-0.05, 0) is 24.3 Å². The number of nitrogens with zero attached hydrogens (tertiary/aromatic N) is 3. The average molecular weight is 424 g/mol. The molecule has 6 nitrogen and oxygen atoms in total. The van der Waals surface area contributed by atoms with E-state index in [4.69, 9.17) is 25.8 Å². The van der Waals surface area contributed by atoms with Gasteiger partial charge in [0.1, 0.15) is 5.82 Å². The first-order valence-corrected chi connectivity index (χ1v) is 9.62. The molecular weight excluding hydrogens is 405 g/mol. The normalized spacial score (nSPS) is 10.8. The number of methoxy groups -OCH3 is 3. The highest BCUT2D eigenvalue weighted by molar-refractivity contribution is 7.98. The van der Waals surface area contributed by atoms with Gasteiger partial charge in [0, 0.05) is 29.0 Å². The number of hydrogen-bond acceptors (Lipinski definition) is 6. The van der Waals surface area contributed by atoms with Crippen LogP contribution in [-0.4, -0.2) is 36.1 Å². The van der Waals surface area contributed by atoms with Crippen molar-refractivity contribution in [1.82, 2.24) is 14.8 Å². The minimum atomic E-state index is -0.341. The van der Waals surface area contributed by atoms with Crippen LogP contribution in [0.4, 0.5) is 4.39 Å². The van der Waals surface area contributed by atoms with Gasteiger partial charge in [0.25, 0.3) is 0 Å². The molecule has 0 radical (unpaired) electrons. The lowest BCUT2D eigenvalue weighted by atomic mass is 10.1. The summed E-state index contributed by atoms with van der Waals surface area (Å²) in [6, 6.07) is 8.23. The van der Waals surface area contributed by atoms with E-state index in [-0.39, 0.29) is 5.82 Å². The Bertz CT molecular complexity index is 951. The second-order valence-electron chi connectivity index (χ2n) is 5.77. The van der Waals surface area contributed by atoms with Crippen molar-refractivity contribution in [3.8, 4) is 28.6 Å². The summed E-state index contributed by atoms with van der Waals surface area (Å²) in [6.07, 6.45) is 0. The van der Waals surface area contributed by atoms with Gasteiger partial charge < -0.3 is 18.8 Å². The Morgan fingerprint density at radius 2 is 1.75 bits per heavy atom. The fourth-order valence-electron chi connectivity index (χ4n) is 2.71. The van der Waals surface area contributed by atoms with Gasteiger partial charge in [0.05, 0.1) is 21.3 Å². The van der Waals surface area contributed by atoms with E-state index in [1.807, 2.05) is 11.6 Å². The summed E-state index contributed by atoms with van der Waals surface area (Å²) in [4.78, 5) is 0. The van der Waals surface area contributed by atoms with Crippen LogP contribution in [0.5, 0.6) is 17.2 Å². The van der Waals surface area contributed by atoms with Crippen LogP contribution in [0.25, 0.3) is 11.4 Å². The van der Waals surface area contributed by atoms with Gasteiger partial charge in [-0.3, -0.25) is 0 Å². The van der Waals surface area contributed by atoms with Crippen molar-refractivity contribution in [3.05, 3.63) is 46.7 Å². The van der Waals surface area contributed by atoms with Crippen molar-refractivity contribution in [1.29, 1.82) is 0 Å². The predicted molar refractivity (Wildman–Crippen MR) is 107 cm³/mol. The highest BCUT2D eigenvalue weighted by Crippen LogP contribution is 2.41. The minimum absolute atomic E-state index is 0.340. The van der Waals surface area contributed by atoms with E-state index in [1.165, 1.54) is 17.8 Å². The van der Waals surface area contributed by atoms with Crippen molar-refractivity contribution < 1.29 is 18.6 Å². The molecule has 3 rings (SSSR count). The van der Waals surface area contributed by atoms with Crippen LogP contribution in [-0.2, 0) is 12.8 Å². The number of rotatable bonds is 7. The largest absolute Gasteiger partial charge is 0.493 e. The van der Waals surface area contributed by atoms with Gasteiger partial charge in [-0.2, -0.15) is 0 Å². The van der Waals surface area contributed by atoms with E-state index < -0.39 is 0 Å². The fourth-order valence-corrected chi connectivity index (χ4v) is 3.96. The molecule has 28 heavy (non-hydrogen) atoms. The Morgan fingerprint density at radius 1 is 1.07 bits per heavy atom. The van der Waals surface area contributed by atoms with Crippen molar-refractivity contribution in [2.75, 3.05) is 21.3 Å². The SMILES string of the molecule is COc1cc(-c2nnc(SCc3c(F)cccc3Cl)n2C)cc(OC)c1OC. The van der Waals surface area contributed by atoms with Gasteiger partial charge in [-0.25, -0.2) is 4.39 Å². The van der Waals surface area contributed by atoms with Gasteiger partial charge in [-0.15, -0.1) is 10.2 Å². The van der Waals surface area contributed by atoms with Gasteiger partial charge in [0.15, 0.2) is 22.5 Å². The number of hydrogen-bond donors (Lipinski definition) is 0. The standard InChI is InChI=1S/C19H19ClFN3O3S/c1-24-18(11-8-15(25-2)17(27-4)16(9-11)26-3)22-23-19(24)28-10-12-13(20)6-5-7-14(12)21/h5-9H,10H2,1-4H3. The van der Waals surface area contributed by atoms with Crippen LogP contribution in [0.3, 0.4) is 0 Å². The first-order valence-electron chi connectivity index (χ1n) is 8.25. The second-order valence-corrected chi connectivity index (χ2v) is 7.12. The van der Waals surface area contributed by atoms with Crippen LogP contribution in [0.15, 0.2) is 35.5 Å². The Hall–Kier alpha value is -2.45. The third kappa shape index (κ3) is 3.88. The first kappa shape index (κ1) is 20.3. The van der Waals surface area contributed by atoms with Crippen LogP contribution in [0.1, 0.15) is 5.56 Å². The van der Waals surface area contributed by atoms with Crippen LogP contribution in [0.2, 0.25) is 5.02 Å². The maximum absolute atomic E-state index is 14.0. The Balaban J connectivity index is 1.91. The maximum Gasteiger partial charge on any atom is 0.203 e. The third-order valence-corrected chi connectivity index (χ3v) is 5.57. The summed E-state index contributed by atoms with van der Waals surface area (Å²) < 4.78 is 31.9. The molecule has 0 aliphatic carbocycles. The summed E-state index contributed by atoms with van der Waals surface area (Å²) in [7, 11) is 6.49. The van der Waals surface area contributed by atoms with Gasteiger partial charge in [-0.1, -0.05) is 29.4 Å². The van der Waals surface area contributed by atoms with E-state index in [0.717, 1.165) is 5.56 Å². The molecule has 0 unspecified atom stereocenters. The van der Waals surface area contributed by atoms with Gasteiger partial charge >= 0.3 is 0 Å². The molecule has 0 saturated carbocycles. The Kier molecular flexibility index (Phi) is 6.31. The lowest BCUT2D eigenvalue weighted by molar-refractivity contribution is 0.324. The van der Waals surface area contributed by atoms with Crippen molar-refractivity contribution >= 4 is 23.4 Å². The molecule has 0 spiro atoms. The smallest absolute Gasteiger partial charge is 0.203 e. The zero-order chi connectivity index (χ0) is 20.3. The fraction of sp³-hybridized carbons (Fsp3) is 0.263. The summed E-state index contributed by atoms with van der Waals surface area (Å²) in [6.45, 7) is 0. The maximum atomic E-state index is 14.0. The zero-order valence-corrected chi connectivity index (χ0v) is 17.4. The van der Waals surface area contributed by atoms with E-state index in [1.54, 1.807) is 45.6 Å². The summed E-state index contributed by atoms with van der Waals surface area (Å²) in [5.41, 5.74) is 1.19. The molecule has 0 N–H and O–H groups in total. The molecular formula is C19H19ClFN3O3S. The number of ether oxygens (including phenoxy) is 3. The summed E-state index contributed by atoms with van der Waals surface area (Å²) in [5.74, 6) is 2.15. The molecule has 0 amide bonds. The van der Waals surface area contributed by atoms with E-state index >= 15 is 0 Å². The Morgan fingerprint density at radius 3 is 2.32 bits per heavy atom. The van der Waals surface area contributed by atoms with E-state index in [0.29, 0.717) is 44.6 Å². The molecule has 0 bridgehead atoms. The summed E-state index contributed by atoms with van der Waals surface area (Å²) >= 11 is 7.45. The van der Waals surface area contributed by atoms with Crippen LogP contribution in [0, 0.1) is 5.82 Å². The van der Waals surface area contributed by atoms with Crippen LogP contribution < -0.4 is 14.2 Å². The molecule has 2 aromatic carbocycles. The first-order chi connectivity index (χ1) is 13.5. The van der Waals surface area contributed by atoms with Crippen LogP contribution >= 0.6 is 23.4 Å². The molecule has 148 valence electrons. The highest BCUT2D eigenvalue weighted by Gasteiger charge is 2.19. The average Bonchev–Trinajstić information content (AvgIpc) is 3.06. The molecule has 0 saturated heterocycles. The monoisotopic (exact) mass is 423 g/mol. The summed E-state index contributed by atoms with van der Waals surface area (Å²) in [5, 5.41) is 9.50. The molecule has 1 heterocycles. The molecule has 0 aliphatic rings. The Labute approximate surface area is 171 Å². The van der Waals surface area contributed by atoms with E-state index in [9.17, 15) is 4.39 Å². The van der Waals surface area contributed by atoms with E-state index in [2.05, 4.69) is 10.2 Å². The molecule has 3 aromatic rings. The topological polar surface area (TPSA) is 58.4 Å². The molecule has 0 fully saturated rings. The molecule has 0 aliphatic heterocycles. The number of halogens is 2. The number of aromatic nitrogens is 3. The second kappa shape index (κ2) is 8.70. The van der Waals surface area contributed by atoms with Gasteiger partial charge in [0.2, 0.25) is 5.75 Å². The third-order valence-electron chi connectivity index (χ3n) is 4.17. The molecule has 1 aromatic heterocycles. The van der Waals surface area contributed by atoms with Crippen molar-refractivity contribution in [2.45, 2.75) is 10.9 Å². The quantitative estimate of drug-likeness (QED) is 0.518.